The summed E-state index contributed by atoms with van der Waals surface area (Å²) in [6, 6.07) is 8.38. The number of methoxy groups -OCH3 is 1. The van der Waals surface area contributed by atoms with Gasteiger partial charge < -0.3 is 15.0 Å². The first-order chi connectivity index (χ1) is 9.17. The summed E-state index contributed by atoms with van der Waals surface area (Å²) in [5.41, 5.74) is 1.16. The topological polar surface area (TPSA) is 24.5 Å². The number of hydrogen-bond acceptors (Lipinski definition) is 3. The maximum atomic E-state index is 5.35. The number of anilines is 1. The second kappa shape index (κ2) is 5.33. The molecule has 0 spiro atoms. The van der Waals surface area contributed by atoms with Crippen LogP contribution in [-0.4, -0.2) is 37.2 Å². The van der Waals surface area contributed by atoms with Gasteiger partial charge in [-0.05, 0) is 60.8 Å². The van der Waals surface area contributed by atoms with Gasteiger partial charge in [-0.15, -0.1) is 0 Å². The van der Waals surface area contributed by atoms with Crippen LogP contribution in [0.4, 0.5) is 5.69 Å². The summed E-state index contributed by atoms with van der Waals surface area (Å²) in [4.78, 5) is 2.57. The highest BCUT2D eigenvalue weighted by molar-refractivity contribution is 9.10. The van der Waals surface area contributed by atoms with E-state index in [0.29, 0.717) is 6.04 Å². The number of ether oxygens (including phenoxy) is 1. The molecule has 0 saturated carbocycles. The van der Waals surface area contributed by atoms with Crippen LogP contribution in [0.5, 0.6) is 5.75 Å². The van der Waals surface area contributed by atoms with Crippen molar-refractivity contribution in [3.8, 4) is 5.75 Å². The molecular formula is C15H21BrN2O. The summed E-state index contributed by atoms with van der Waals surface area (Å²) in [7, 11) is 3.99. The zero-order valence-corrected chi connectivity index (χ0v) is 13.1. The van der Waals surface area contributed by atoms with Gasteiger partial charge in [0.2, 0.25) is 0 Å². The lowest BCUT2D eigenvalue weighted by atomic mass is 9.98. The van der Waals surface area contributed by atoms with Gasteiger partial charge in [0.15, 0.2) is 0 Å². The van der Waals surface area contributed by atoms with E-state index >= 15 is 0 Å². The fourth-order valence-electron chi connectivity index (χ4n) is 3.51. The van der Waals surface area contributed by atoms with Gasteiger partial charge in [-0.2, -0.15) is 0 Å². The molecule has 19 heavy (non-hydrogen) atoms. The SMILES string of the molecule is COc1cc(NC2CC3CCC(C2)N3C)ccc1Br. The van der Waals surface area contributed by atoms with Crippen molar-refractivity contribution in [2.24, 2.45) is 0 Å². The second-order valence-electron chi connectivity index (χ2n) is 5.71. The van der Waals surface area contributed by atoms with E-state index in [0.717, 1.165) is 28.0 Å². The van der Waals surface area contributed by atoms with Crippen LogP contribution in [0.2, 0.25) is 0 Å². The Labute approximate surface area is 123 Å². The Kier molecular flexibility index (Phi) is 3.72. The molecule has 2 fully saturated rings. The molecule has 0 aliphatic carbocycles. The number of hydrogen-bond donors (Lipinski definition) is 1. The van der Waals surface area contributed by atoms with Crippen LogP contribution in [0.15, 0.2) is 22.7 Å². The molecule has 0 amide bonds. The van der Waals surface area contributed by atoms with Crippen LogP contribution >= 0.6 is 15.9 Å². The lowest BCUT2D eigenvalue weighted by Crippen LogP contribution is -2.44. The molecule has 3 rings (SSSR count). The minimum atomic E-state index is 0.597. The van der Waals surface area contributed by atoms with E-state index in [4.69, 9.17) is 4.74 Å². The van der Waals surface area contributed by atoms with Crippen molar-refractivity contribution in [3.05, 3.63) is 22.7 Å². The Morgan fingerprint density at radius 2 is 1.95 bits per heavy atom. The molecule has 1 N–H and O–H groups in total. The first kappa shape index (κ1) is 13.3. The molecule has 4 heteroatoms. The van der Waals surface area contributed by atoms with Gasteiger partial charge in [-0.3, -0.25) is 0 Å². The summed E-state index contributed by atoms with van der Waals surface area (Å²) in [6.07, 6.45) is 5.24. The molecule has 2 heterocycles. The third-order valence-corrected chi connectivity index (χ3v) is 5.28. The van der Waals surface area contributed by atoms with Gasteiger partial charge in [0.25, 0.3) is 0 Å². The molecule has 0 radical (unpaired) electrons. The number of rotatable bonds is 3. The second-order valence-corrected chi connectivity index (χ2v) is 6.57. The van der Waals surface area contributed by atoms with Crippen LogP contribution in [0.1, 0.15) is 25.7 Å². The van der Waals surface area contributed by atoms with Crippen molar-refractivity contribution in [2.75, 3.05) is 19.5 Å². The predicted molar refractivity (Wildman–Crippen MR) is 81.9 cm³/mol. The Balaban J connectivity index is 1.69. The quantitative estimate of drug-likeness (QED) is 0.921. The van der Waals surface area contributed by atoms with Crippen LogP contribution in [-0.2, 0) is 0 Å². The Morgan fingerprint density at radius 1 is 1.26 bits per heavy atom. The molecule has 2 saturated heterocycles. The fraction of sp³-hybridized carbons (Fsp3) is 0.600. The number of fused-ring (bicyclic) bond motifs is 2. The molecule has 2 aliphatic heterocycles. The van der Waals surface area contributed by atoms with E-state index in [1.165, 1.54) is 25.7 Å². The molecule has 1 aromatic carbocycles. The number of halogens is 1. The van der Waals surface area contributed by atoms with Crippen LogP contribution < -0.4 is 10.1 Å². The third kappa shape index (κ3) is 2.61. The van der Waals surface area contributed by atoms with Gasteiger partial charge >= 0.3 is 0 Å². The fourth-order valence-corrected chi connectivity index (χ4v) is 3.92. The lowest BCUT2D eigenvalue weighted by molar-refractivity contribution is 0.169. The maximum absolute atomic E-state index is 5.35. The van der Waals surface area contributed by atoms with E-state index in [2.05, 4.69) is 45.3 Å². The van der Waals surface area contributed by atoms with Crippen molar-refractivity contribution in [1.82, 2.24) is 4.90 Å². The van der Waals surface area contributed by atoms with E-state index < -0.39 is 0 Å². The Bertz CT molecular complexity index is 451. The van der Waals surface area contributed by atoms with Crippen molar-refractivity contribution in [2.45, 2.75) is 43.8 Å². The highest BCUT2D eigenvalue weighted by Gasteiger charge is 2.38. The Morgan fingerprint density at radius 3 is 2.58 bits per heavy atom. The summed E-state index contributed by atoms with van der Waals surface area (Å²) >= 11 is 3.49. The summed E-state index contributed by atoms with van der Waals surface area (Å²) in [5.74, 6) is 0.890. The number of piperidine rings is 1. The highest BCUT2D eigenvalue weighted by Crippen LogP contribution is 2.36. The minimum Gasteiger partial charge on any atom is -0.495 e. The summed E-state index contributed by atoms with van der Waals surface area (Å²) < 4.78 is 6.36. The molecule has 2 atom stereocenters. The van der Waals surface area contributed by atoms with Crippen LogP contribution in [0.25, 0.3) is 0 Å². The third-order valence-electron chi connectivity index (χ3n) is 4.62. The van der Waals surface area contributed by atoms with Gasteiger partial charge in [0.05, 0.1) is 11.6 Å². The van der Waals surface area contributed by atoms with Crippen molar-refractivity contribution in [3.63, 3.8) is 0 Å². The van der Waals surface area contributed by atoms with Crippen LogP contribution in [0, 0.1) is 0 Å². The highest BCUT2D eigenvalue weighted by atomic mass is 79.9. The molecule has 2 unspecified atom stereocenters. The standard InChI is InChI=1S/C15H21BrN2O/c1-18-12-4-5-13(18)8-11(7-12)17-10-3-6-14(16)15(9-10)19-2/h3,6,9,11-13,17H,4-5,7-8H2,1-2H3. The largest absolute Gasteiger partial charge is 0.495 e. The first-order valence-electron chi connectivity index (χ1n) is 6.99. The predicted octanol–water partition coefficient (Wildman–Crippen LogP) is 3.49. The van der Waals surface area contributed by atoms with E-state index in [1.807, 2.05) is 6.07 Å². The van der Waals surface area contributed by atoms with Gasteiger partial charge in [0, 0.05) is 29.9 Å². The average Bonchev–Trinajstić information content (AvgIpc) is 2.64. The van der Waals surface area contributed by atoms with Gasteiger partial charge in [0.1, 0.15) is 5.75 Å². The van der Waals surface area contributed by atoms with E-state index in [9.17, 15) is 0 Å². The zero-order chi connectivity index (χ0) is 13.4. The monoisotopic (exact) mass is 324 g/mol. The summed E-state index contributed by atoms with van der Waals surface area (Å²) in [5, 5.41) is 3.68. The molecule has 2 bridgehead atoms. The number of nitrogens with one attached hydrogen (secondary N) is 1. The molecule has 3 nitrogen and oxygen atoms in total. The van der Waals surface area contributed by atoms with Crippen molar-refractivity contribution >= 4 is 21.6 Å². The lowest BCUT2D eigenvalue weighted by Gasteiger charge is -2.37. The van der Waals surface area contributed by atoms with Gasteiger partial charge in [-0.25, -0.2) is 0 Å². The first-order valence-corrected chi connectivity index (χ1v) is 7.78. The van der Waals surface area contributed by atoms with E-state index in [-0.39, 0.29) is 0 Å². The zero-order valence-electron chi connectivity index (χ0n) is 11.5. The molecule has 104 valence electrons. The van der Waals surface area contributed by atoms with Crippen molar-refractivity contribution < 1.29 is 4.74 Å². The Hall–Kier alpha value is -0.740. The molecule has 2 aliphatic rings. The average molecular weight is 325 g/mol. The molecule has 0 aromatic heterocycles. The van der Waals surface area contributed by atoms with Gasteiger partial charge in [-0.1, -0.05) is 0 Å². The number of benzene rings is 1. The normalized spacial score (nSPS) is 30.4. The summed E-state index contributed by atoms with van der Waals surface area (Å²) in [6.45, 7) is 0. The molecule has 1 aromatic rings. The van der Waals surface area contributed by atoms with E-state index in [1.54, 1.807) is 7.11 Å². The minimum absolute atomic E-state index is 0.597. The number of nitrogens with zero attached hydrogens (tertiary/aromatic N) is 1. The smallest absolute Gasteiger partial charge is 0.135 e. The molecular weight excluding hydrogens is 304 g/mol. The van der Waals surface area contributed by atoms with Crippen LogP contribution in [0.3, 0.4) is 0 Å². The van der Waals surface area contributed by atoms with Crippen molar-refractivity contribution in [1.29, 1.82) is 0 Å². The maximum Gasteiger partial charge on any atom is 0.135 e.